The highest BCUT2D eigenvalue weighted by Crippen LogP contribution is 2.40. The van der Waals surface area contributed by atoms with E-state index in [0.717, 1.165) is 23.6 Å². The Morgan fingerprint density at radius 3 is 3.00 bits per heavy atom. The standard InChI is InChI=1S/C11H14N6/c12-10-9-11(15-4-14-10)17(5-16-9)8-2-6-1-7(8)13-3-6/h4-8,13H,1-3H2,(H2,12,14,15)/t6-,7+,8+/m1/s1. The van der Waals surface area contributed by atoms with Crippen LogP contribution < -0.4 is 11.1 Å². The maximum Gasteiger partial charge on any atom is 0.165 e. The Bertz CT molecular complexity index is 576. The van der Waals surface area contributed by atoms with E-state index in [1.807, 2.05) is 6.33 Å². The highest BCUT2D eigenvalue weighted by atomic mass is 15.2. The van der Waals surface area contributed by atoms with E-state index in [0.29, 0.717) is 17.9 Å². The first-order chi connectivity index (χ1) is 8.33. The van der Waals surface area contributed by atoms with Gasteiger partial charge in [-0.1, -0.05) is 0 Å². The number of aromatic nitrogens is 4. The van der Waals surface area contributed by atoms with Gasteiger partial charge in [0.25, 0.3) is 0 Å². The predicted octanol–water partition coefficient (Wildman–Crippen LogP) is 0.331. The van der Waals surface area contributed by atoms with Gasteiger partial charge in [0.05, 0.1) is 12.4 Å². The van der Waals surface area contributed by atoms with Crippen LogP contribution in [0.4, 0.5) is 5.82 Å². The Balaban J connectivity index is 1.84. The number of piperidine rings is 1. The molecule has 6 nitrogen and oxygen atoms in total. The van der Waals surface area contributed by atoms with Crippen LogP contribution >= 0.6 is 0 Å². The third-order valence-electron chi connectivity index (χ3n) is 4.04. The number of nitrogens with two attached hydrogens (primary N) is 1. The van der Waals surface area contributed by atoms with E-state index in [4.69, 9.17) is 5.73 Å². The molecule has 6 heteroatoms. The summed E-state index contributed by atoms with van der Waals surface area (Å²) >= 11 is 0. The Morgan fingerprint density at radius 1 is 1.29 bits per heavy atom. The summed E-state index contributed by atoms with van der Waals surface area (Å²) in [6, 6.07) is 1.03. The number of nitrogens with zero attached hydrogens (tertiary/aromatic N) is 4. The fraction of sp³-hybridized carbons (Fsp3) is 0.545. The van der Waals surface area contributed by atoms with Crippen molar-refractivity contribution >= 4 is 17.0 Å². The van der Waals surface area contributed by atoms with Crippen LogP contribution in [0, 0.1) is 5.92 Å². The number of hydrogen-bond donors (Lipinski definition) is 2. The second-order valence-corrected chi connectivity index (χ2v) is 5.00. The van der Waals surface area contributed by atoms with Crippen LogP contribution in [0.1, 0.15) is 18.9 Å². The summed E-state index contributed by atoms with van der Waals surface area (Å²) in [5.41, 5.74) is 7.38. The van der Waals surface area contributed by atoms with Crippen LogP contribution in [0.3, 0.4) is 0 Å². The number of rotatable bonds is 1. The number of hydrogen-bond acceptors (Lipinski definition) is 5. The van der Waals surface area contributed by atoms with Crippen molar-refractivity contribution in [2.45, 2.75) is 24.9 Å². The molecule has 0 radical (unpaired) electrons. The Kier molecular flexibility index (Phi) is 1.74. The van der Waals surface area contributed by atoms with Crippen molar-refractivity contribution in [2.24, 2.45) is 5.92 Å². The molecule has 4 rings (SSSR count). The molecule has 3 N–H and O–H groups in total. The minimum absolute atomic E-state index is 0.463. The Labute approximate surface area is 98.3 Å². The minimum atomic E-state index is 0.463. The molecule has 2 aromatic rings. The van der Waals surface area contributed by atoms with Gasteiger partial charge >= 0.3 is 0 Å². The molecule has 2 aliphatic rings. The lowest BCUT2D eigenvalue weighted by Gasteiger charge is -2.24. The SMILES string of the molecule is Nc1ncnc2c1ncn2[C@H]1C[C@@H]2CN[C@H]1C2. The van der Waals surface area contributed by atoms with Crippen LogP contribution in [-0.2, 0) is 0 Å². The van der Waals surface area contributed by atoms with Crippen LogP contribution in [0.5, 0.6) is 0 Å². The summed E-state index contributed by atoms with van der Waals surface area (Å²) in [7, 11) is 0. The summed E-state index contributed by atoms with van der Waals surface area (Å²) in [6.45, 7) is 1.16. The maximum atomic E-state index is 5.80. The lowest BCUT2D eigenvalue weighted by Crippen LogP contribution is -2.34. The predicted molar refractivity (Wildman–Crippen MR) is 63.3 cm³/mol. The van der Waals surface area contributed by atoms with Gasteiger partial charge in [-0.05, 0) is 25.3 Å². The van der Waals surface area contributed by atoms with Crippen molar-refractivity contribution in [3.63, 3.8) is 0 Å². The van der Waals surface area contributed by atoms with Crippen molar-refractivity contribution in [3.8, 4) is 0 Å². The van der Waals surface area contributed by atoms with E-state index in [-0.39, 0.29) is 0 Å². The number of anilines is 1. The van der Waals surface area contributed by atoms with E-state index >= 15 is 0 Å². The fourth-order valence-electron chi connectivity index (χ4n) is 3.24. The van der Waals surface area contributed by atoms with E-state index in [9.17, 15) is 0 Å². The molecule has 3 heterocycles. The molecule has 1 saturated carbocycles. The topological polar surface area (TPSA) is 81.7 Å². The smallest absolute Gasteiger partial charge is 0.165 e. The van der Waals surface area contributed by atoms with Gasteiger partial charge in [-0.25, -0.2) is 15.0 Å². The first kappa shape index (κ1) is 9.35. The van der Waals surface area contributed by atoms with Crippen LogP contribution in [0.15, 0.2) is 12.7 Å². The molecule has 0 aromatic carbocycles. The Morgan fingerprint density at radius 2 is 2.24 bits per heavy atom. The van der Waals surface area contributed by atoms with Crippen molar-refractivity contribution in [1.29, 1.82) is 0 Å². The van der Waals surface area contributed by atoms with Crippen molar-refractivity contribution < 1.29 is 0 Å². The molecule has 17 heavy (non-hydrogen) atoms. The number of imidazole rings is 1. The highest BCUT2D eigenvalue weighted by molar-refractivity contribution is 5.81. The van der Waals surface area contributed by atoms with Crippen molar-refractivity contribution in [3.05, 3.63) is 12.7 Å². The molecular formula is C11H14N6. The van der Waals surface area contributed by atoms with Gasteiger partial charge in [0.2, 0.25) is 0 Å². The average molecular weight is 230 g/mol. The minimum Gasteiger partial charge on any atom is -0.382 e. The zero-order chi connectivity index (χ0) is 11.4. The molecule has 0 spiro atoms. The number of nitrogen functional groups attached to an aromatic ring is 1. The lowest BCUT2D eigenvalue weighted by molar-refractivity contribution is 0.365. The first-order valence-electron chi connectivity index (χ1n) is 5.99. The van der Waals surface area contributed by atoms with Gasteiger partial charge in [0.1, 0.15) is 11.8 Å². The van der Waals surface area contributed by atoms with Crippen molar-refractivity contribution in [2.75, 3.05) is 12.3 Å². The zero-order valence-electron chi connectivity index (χ0n) is 9.37. The molecule has 0 unspecified atom stereocenters. The van der Waals surface area contributed by atoms with Gasteiger partial charge < -0.3 is 15.6 Å². The highest BCUT2D eigenvalue weighted by Gasteiger charge is 2.40. The second kappa shape index (κ2) is 3.16. The summed E-state index contributed by atoms with van der Waals surface area (Å²) in [5, 5.41) is 3.55. The molecule has 2 bridgehead atoms. The molecule has 88 valence electrons. The molecule has 1 aliphatic heterocycles. The zero-order valence-corrected chi connectivity index (χ0v) is 9.37. The summed E-state index contributed by atoms with van der Waals surface area (Å²) < 4.78 is 2.16. The summed E-state index contributed by atoms with van der Waals surface area (Å²) in [6.07, 6.45) is 5.84. The normalized spacial score (nSPS) is 31.4. The van der Waals surface area contributed by atoms with Gasteiger partial charge in [-0.15, -0.1) is 0 Å². The second-order valence-electron chi connectivity index (χ2n) is 5.00. The largest absolute Gasteiger partial charge is 0.382 e. The van der Waals surface area contributed by atoms with E-state index in [1.165, 1.54) is 19.2 Å². The van der Waals surface area contributed by atoms with Gasteiger partial charge in [0, 0.05) is 6.04 Å². The third kappa shape index (κ3) is 1.21. The maximum absolute atomic E-state index is 5.80. The molecule has 2 aromatic heterocycles. The van der Waals surface area contributed by atoms with E-state index in [2.05, 4.69) is 24.8 Å². The molecule has 2 fully saturated rings. The fourth-order valence-corrected chi connectivity index (χ4v) is 3.24. The van der Waals surface area contributed by atoms with E-state index in [1.54, 1.807) is 0 Å². The average Bonchev–Trinajstić information content (AvgIpc) is 3.03. The quantitative estimate of drug-likeness (QED) is 0.738. The molecule has 0 amide bonds. The number of fused-ring (bicyclic) bond motifs is 3. The number of nitrogens with one attached hydrogen (secondary N) is 1. The molecule has 3 atom stereocenters. The van der Waals surface area contributed by atoms with Crippen LogP contribution in [0.2, 0.25) is 0 Å². The summed E-state index contributed by atoms with van der Waals surface area (Å²) in [4.78, 5) is 12.6. The molecular weight excluding hydrogens is 216 g/mol. The monoisotopic (exact) mass is 230 g/mol. The summed E-state index contributed by atoms with van der Waals surface area (Å²) in [5.74, 6) is 1.27. The van der Waals surface area contributed by atoms with Gasteiger partial charge in [0.15, 0.2) is 11.5 Å². The molecule has 1 aliphatic carbocycles. The van der Waals surface area contributed by atoms with Gasteiger partial charge in [-0.3, -0.25) is 0 Å². The lowest BCUT2D eigenvalue weighted by atomic mass is 10.1. The first-order valence-corrected chi connectivity index (χ1v) is 5.99. The third-order valence-corrected chi connectivity index (χ3v) is 4.04. The van der Waals surface area contributed by atoms with Crippen LogP contribution in [-0.4, -0.2) is 32.1 Å². The van der Waals surface area contributed by atoms with Crippen LogP contribution in [0.25, 0.3) is 11.2 Å². The Hall–Kier alpha value is -1.69. The van der Waals surface area contributed by atoms with E-state index < -0.39 is 0 Å². The molecule has 1 saturated heterocycles. The van der Waals surface area contributed by atoms with Gasteiger partial charge in [-0.2, -0.15) is 0 Å². The van der Waals surface area contributed by atoms with Crippen molar-refractivity contribution in [1.82, 2.24) is 24.8 Å².